The maximum absolute atomic E-state index is 13.0. The first-order valence-electron chi connectivity index (χ1n) is 10.4. The number of amides is 3. The van der Waals surface area contributed by atoms with Crippen LogP contribution in [0.3, 0.4) is 0 Å². The molecular weight excluding hydrogens is 406 g/mol. The number of carbonyl (C=O) groups excluding carboxylic acids is 2. The lowest BCUT2D eigenvalue weighted by Gasteiger charge is -2.30. The molecule has 1 aliphatic heterocycles. The number of aryl methyl sites for hydroxylation is 1. The molecule has 3 aromatic carbocycles. The van der Waals surface area contributed by atoms with Crippen LogP contribution >= 0.6 is 0 Å². The maximum Gasteiger partial charge on any atom is 0.323 e. The minimum absolute atomic E-state index is 0.0170. The van der Waals surface area contributed by atoms with Crippen molar-refractivity contribution < 1.29 is 19.1 Å². The van der Waals surface area contributed by atoms with Crippen molar-refractivity contribution in [1.82, 2.24) is 0 Å². The van der Waals surface area contributed by atoms with Crippen molar-refractivity contribution in [3.63, 3.8) is 0 Å². The lowest BCUT2D eigenvalue weighted by atomic mass is 10.00. The molecule has 2 N–H and O–H groups in total. The fourth-order valence-corrected chi connectivity index (χ4v) is 3.81. The fourth-order valence-electron chi connectivity index (χ4n) is 3.81. The standard InChI is InChI=1S/C25H25N3O4/c1-31-20-11-12-21(23(16-20)32-2)27-25(30)26-19-10-13-22-18(15-19)9-6-14-28(22)24(29)17-7-4-3-5-8-17/h3-5,7-8,10-13,15-16H,6,9,14H2,1-2H3,(H2,26,27,30). The molecule has 0 spiro atoms. The summed E-state index contributed by atoms with van der Waals surface area (Å²) in [6.45, 7) is 0.672. The lowest BCUT2D eigenvalue weighted by Crippen LogP contribution is -2.35. The molecule has 32 heavy (non-hydrogen) atoms. The molecule has 1 aliphatic rings. The average Bonchev–Trinajstić information content (AvgIpc) is 2.83. The van der Waals surface area contributed by atoms with Crippen LogP contribution in [0, 0.1) is 0 Å². The van der Waals surface area contributed by atoms with Gasteiger partial charge in [-0.3, -0.25) is 4.79 Å². The minimum atomic E-state index is -0.388. The highest BCUT2D eigenvalue weighted by Crippen LogP contribution is 2.32. The Bertz CT molecular complexity index is 1130. The third-order valence-corrected chi connectivity index (χ3v) is 5.38. The number of nitrogens with one attached hydrogen (secondary N) is 2. The van der Waals surface area contributed by atoms with Crippen molar-refractivity contribution in [3.8, 4) is 11.5 Å². The molecule has 0 saturated heterocycles. The zero-order valence-corrected chi connectivity index (χ0v) is 18.1. The van der Waals surface area contributed by atoms with E-state index in [1.54, 1.807) is 36.3 Å². The van der Waals surface area contributed by atoms with E-state index in [1.165, 1.54) is 7.11 Å². The largest absolute Gasteiger partial charge is 0.497 e. The number of methoxy groups -OCH3 is 2. The molecule has 0 aromatic heterocycles. The second-order valence-corrected chi connectivity index (χ2v) is 7.42. The average molecular weight is 431 g/mol. The second-order valence-electron chi connectivity index (χ2n) is 7.42. The lowest BCUT2D eigenvalue weighted by molar-refractivity contribution is 0.0985. The molecule has 4 rings (SSSR count). The molecule has 7 nitrogen and oxygen atoms in total. The van der Waals surface area contributed by atoms with Gasteiger partial charge < -0.3 is 25.0 Å². The van der Waals surface area contributed by atoms with Gasteiger partial charge in [-0.2, -0.15) is 0 Å². The molecule has 164 valence electrons. The summed E-state index contributed by atoms with van der Waals surface area (Å²) in [5.74, 6) is 1.12. The van der Waals surface area contributed by atoms with Gasteiger partial charge in [0.2, 0.25) is 0 Å². The van der Waals surface area contributed by atoms with Crippen molar-refractivity contribution in [3.05, 3.63) is 77.9 Å². The number of hydrogen-bond donors (Lipinski definition) is 2. The highest BCUT2D eigenvalue weighted by atomic mass is 16.5. The number of benzene rings is 3. The molecule has 7 heteroatoms. The topological polar surface area (TPSA) is 79.9 Å². The first kappa shape index (κ1) is 21.2. The van der Waals surface area contributed by atoms with Gasteiger partial charge in [-0.15, -0.1) is 0 Å². The SMILES string of the molecule is COc1ccc(NC(=O)Nc2ccc3c(c2)CCCN3C(=O)c2ccccc2)c(OC)c1. The van der Waals surface area contributed by atoms with E-state index in [0.29, 0.717) is 35.0 Å². The molecule has 3 amide bonds. The summed E-state index contributed by atoms with van der Waals surface area (Å²) < 4.78 is 10.5. The van der Waals surface area contributed by atoms with Crippen LogP contribution in [0.2, 0.25) is 0 Å². The van der Waals surface area contributed by atoms with Crippen molar-refractivity contribution in [2.45, 2.75) is 12.8 Å². The van der Waals surface area contributed by atoms with Gasteiger partial charge in [0.15, 0.2) is 0 Å². The van der Waals surface area contributed by atoms with Crippen molar-refractivity contribution >= 4 is 29.0 Å². The van der Waals surface area contributed by atoms with Gasteiger partial charge in [0.25, 0.3) is 5.91 Å². The van der Waals surface area contributed by atoms with Crippen LogP contribution in [0.5, 0.6) is 11.5 Å². The highest BCUT2D eigenvalue weighted by molar-refractivity contribution is 6.07. The quantitative estimate of drug-likeness (QED) is 0.600. The Kier molecular flexibility index (Phi) is 6.26. The predicted octanol–water partition coefficient (Wildman–Crippen LogP) is 4.94. The molecule has 1 heterocycles. The van der Waals surface area contributed by atoms with Gasteiger partial charge >= 0.3 is 6.03 Å². The Balaban J connectivity index is 1.48. The summed E-state index contributed by atoms with van der Waals surface area (Å²) in [7, 11) is 3.10. The molecule has 0 atom stereocenters. The number of anilines is 3. The molecule has 0 aliphatic carbocycles. The number of fused-ring (bicyclic) bond motifs is 1. The third-order valence-electron chi connectivity index (χ3n) is 5.38. The minimum Gasteiger partial charge on any atom is -0.497 e. The van der Waals surface area contributed by atoms with E-state index < -0.39 is 0 Å². The summed E-state index contributed by atoms with van der Waals surface area (Å²) in [6, 6.07) is 19.7. The summed E-state index contributed by atoms with van der Waals surface area (Å²) in [4.78, 5) is 27.3. The Hall–Kier alpha value is -4.00. The monoisotopic (exact) mass is 431 g/mol. The zero-order chi connectivity index (χ0) is 22.5. The highest BCUT2D eigenvalue weighted by Gasteiger charge is 2.24. The van der Waals surface area contributed by atoms with Gasteiger partial charge in [0, 0.05) is 29.5 Å². The van der Waals surface area contributed by atoms with E-state index in [9.17, 15) is 9.59 Å². The van der Waals surface area contributed by atoms with Gasteiger partial charge in [-0.1, -0.05) is 18.2 Å². The summed E-state index contributed by atoms with van der Waals surface area (Å²) in [6.07, 6.45) is 1.71. The van der Waals surface area contributed by atoms with E-state index in [1.807, 2.05) is 42.5 Å². The number of rotatable bonds is 5. The van der Waals surface area contributed by atoms with E-state index in [2.05, 4.69) is 10.6 Å². The van der Waals surface area contributed by atoms with Gasteiger partial charge in [0.05, 0.1) is 19.9 Å². The number of nitrogens with zero attached hydrogens (tertiary/aromatic N) is 1. The van der Waals surface area contributed by atoms with E-state index in [-0.39, 0.29) is 11.9 Å². The van der Waals surface area contributed by atoms with E-state index >= 15 is 0 Å². The van der Waals surface area contributed by atoms with Crippen LogP contribution in [-0.4, -0.2) is 32.7 Å². The van der Waals surface area contributed by atoms with Crippen LogP contribution in [-0.2, 0) is 6.42 Å². The zero-order valence-electron chi connectivity index (χ0n) is 18.1. The number of carbonyl (C=O) groups is 2. The number of ether oxygens (including phenoxy) is 2. The summed E-state index contributed by atoms with van der Waals surface area (Å²) in [5, 5.41) is 5.65. The fraction of sp³-hybridized carbons (Fsp3) is 0.200. The Morgan fingerprint density at radius 1 is 0.906 bits per heavy atom. The van der Waals surface area contributed by atoms with Crippen molar-refractivity contribution in [2.75, 3.05) is 36.3 Å². The van der Waals surface area contributed by atoms with Gasteiger partial charge in [-0.05, 0) is 60.9 Å². The maximum atomic E-state index is 13.0. The predicted molar refractivity (Wildman–Crippen MR) is 125 cm³/mol. The molecule has 0 bridgehead atoms. The van der Waals surface area contributed by atoms with Crippen LogP contribution in [0.25, 0.3) is 0 Å². The molecule has 3 aromatic rings. The second kappa shape index (κ2) is 9.43. The van der Waals surface area contributed by atoms with Crippen LogP contribution in [0.1, 0.15) is 22.3 Å². The van der Waals surface area contributed by atoms with Crippen molar-refractivity contribution in [1.29, 1.82) is 0 Å². The van der Waals surface area contributed by atoms with E-state index in [4.69, 9.17) is 9.47 Å². The molecule has 0 unspecified atom stereocenters. The Labute approximate surface area is 187 Å². The normalized spacial score (nSPS) is 12.5. The Morgan fingerprint density at radius 2 is 1.72 bits per heavy atom. The number of hydrogen-bond acceptors (Lipinski definition) is 4. The first-order chi connectivity index (χ1) is 15.6. The summed E-state index contributed by atoms with van der Waals surface area (Å²) in [5.41, 5.74) is 3.76. The smallest absolute Gasteiger partial charge is 0.323 e. The molecular formula is C25H25N3O4. The van der Waals surface area contributed by atoms with Crippen LogP contribution in [0.15, 0.2) is 66.7 Å². The van der Waals surface area contributed by atoms with Crippen LogP contribution < -0.4 is 25.0 Å². The van der Waals surface area contributed by atoms with Gasteiger partial charge in [0.1, 0.15) is 11.5 Å². The third kappa shape index (κ3) is 4.51. The molecule has 0 radical (unpaired) electrons. The molecule has 0 fully saturated rings. The van der Waals surface area contributed by atoms with Gasteiger partial charge in [-0.25, -0.2) is 4.79 Å². The van der Waals surface area contributed by atoms with E-state index in [0.717, 1.165) is 24.1 Å². The Morgan fingerprint density at radius 3 is 2.47 bits per heavy atom. The van der Waals surface area contributed by atoms with Crippen LogP contribution in [0.4, 0.5) is 21.9 Å². The first-order valence-corrected chi connectivity index (χ1v) is 10.4. The number of urea groups is 1. The van der Waals surface area contributed by atoms with Crippen molar-refractivity contribution in [2.24, 2.45) is 0 Å². The molecule has 0 saturated carbocycles. The summed E-state index contributed by atoms with van der Waals surface area (Å²) >= 11 is 0.